The molecule has 1 aliphatic rings. The van der Waals surface area contributed by atoms with E-state index in [2.05, 4.69) is 24.1 Å². The summed E-state index contributed by atoms with van der Waals surface area (Å²) in [6.45, 7) is 7.42. The van der Waals surface area contributed by atoms with Crippen molar-refractivity contribution in [1.29, 1.82) is 0 Å². The third-order valence-corrected chi connectivity index (χ3v) is 5.42. The number of amides is 1. The Morgan fingerprint density at radius 2 is 1.74 bits per heavy atom. The van der Waals surface area contributed by atoms with E-state index < -0.39 is 0 Å². The van der Waals surface area contributed by atoms with Crippen molar-refractivity contribution in [3.05, 3.63) is 59.7 Å². The summed E-state index contributed by atoms with van der Waals surface area (Å²) in [5, 5.41) is 12.5. The van der Waals surface area contributed by atoms with Crippen molar-refractivity contribution < 1.29 is 9.90 Å². The molecule has 2 aromatic carbocycles. The maximum absolute atomic E-state index is 12.7. The zero-order valence-electron chi connectivity index (χ0n) is 16.3. The number of aliphatic hydroxyl groups excluding tert-OH is 1. The molecule has 1 amide bonds. The van der Waals surface area contributed by atoms with Crippen molar-refractivity contribution in [1.82, 2.24) is 10.2 Å². The number of nitrogens with one attached hydrogen (secondary N) is 1. The van der Waals surface area contributed by atoms with Gasteiger partial charge in [-0.1, -0.05) is 44.2 Å². The lowest BCUT2D eigenvalue weighted by molar-refractivity contribution is 0.0927. The normalized spacial score (nSPS) is 15.9. The highest BCUT2D eigenvalue weighted by atomic mass is 16.3. The third-order valence-electron chi connectivity index (χ3n) is 5.42. The van der Waals surface area contributed by atoms with Gasteiger partial charge in [-0.05, 0) is 66.7 Å². The number of nitrogens with zero attached hydrogens (tertiary/aromatic N) is 1. The molecule has 1 heterocycles. The van der Waals surface area contributed by atoms with E-state index in [0.29, 0.717) is 24.1 Å². The van der Waals surface area contributed by atoms with E-state index >= 15 is 0 Å². The smallest absolute Gasteiger partial charge is 0.251 e. The minimum Gasteiger partial charge on any atom is -0.392 e. The average Bonchev–Trinajstić information content (AvgIpc) is 3.22. The van der Waals surface area contributed by atoms with Crippen LogP contribution in [0.4, 0.5) is 0 Å². The van der Waals surface area contributed by atoms with Crippen LogP contribution in [0.2, 0.25) is 0 Å². The zero-order chi connectivity index (χ0) is 19.2. The minimum absolute atomic E-state index is 0.0150. The summed E-state index contributed by atoms with van der Waals surface area (Å²) in [5.41, 5.74) is 3.53. The van der Waals surface area contributed by atoms with Crippen LogP contribution in [0.25, 0.3) is 11.1 Å². The van der Waals surface area contributed by atoms with Gasteiger partial charge in [-0.25, -0.2) is 0 Å². The molecular weight excluding hydrogens is 336 g/mol. The number of carbonyl (C=O) groups is 1. The van der Waals surface area contributed by atoms with Crippen LogP contribution in [0.5, 0.6) is 0 Å². The number of aliphatic hydroxyl groups is 1. The average molecular weight is 367 g/mol. The molecule has 0 bridgehead atoms. The molecule has 2 N–H and O–H groups in total. The molecule has 0 aliphatic carbocycles. The van der Waals surface area contributed by atoms with Crippen LogP contribution in [0.3, 0.4) is 0 Å². The fourth-order valence-electron chi connectivity index (χ4n) is 3.85. The highest BCUT2D eigenvalue weighted by molar-refractivity contribution is 5.95. The van der Waals surface area contributed by atoms with Crippen molar-refractivity contribution in [3.63, 3.8) is 0 Å². The predicted octanol–water partition coefficient (Wildman–Crippen LogP) is 3.70. The molecule has 1 unspecified atom stereocenters. The predicted molar refractivity (Wildman–Crippen MR) is 110 cm³/mol. The summed E-state index contributed by atoms with van der Waals surface area (Å²) >= 11 is 0. The van der Waals surface area contributed by atoms with Crippen molar-refractivity contribution in [3.8, 4) is 11.1 Å². The molecule has 0 aromatic heterocycles. The second-order valence-electron chi connectivity index (χ2n) is 7.70. The molecule has 2 aromatic rings. The molecule has 0 spiro atoms. The summed E-state index contributed by atoms with van der Waals surface area (Å²) in [6, 6.07) is 15.9. The Hall–Kier alpha value is -2.17. The topological polar surface area (TPSA) is 52.6 Å². The zero-order valence-corrected chi connectivity index (χ0v) is 16.3. The molecule has 1 atom stereocenters. The summed E-state index contributed by atoms with van der Waals surface area (Å²) < 4.78 is 0. The van der Waals surface area contributed by atoms with Gasteiger partial charge in [-0.2, -0.15) is 0 Å². The Morgan fingerprint density at radius 3 is 2.41 bits per heavy atom. The molecule has 1 aliphatic heterocycles. The first-order valence-electron chi connectivity index (χ1n) is 9.91. The fraction of sp³-hybridized carbons (Fsp3) is 0.435. The standard InChI is InChI=1S/C23H30N2O2/c1-17(2)22(25-11-3-4-12-25)15-24-23(27)21-10-6-9-20(14-21)19-8-5-7-18(13-19)16-26/h5-10,13-14,17,22,26H,3-4,11-12,15-16H2,1-2H3,(H,24,27). The first kappa shape index (κ1) is 19.6. The molecular formula is C23H30N2O2. The van der Waals surface area contributed by atoms with E-state index in [1.165, 1.54) is 12.8 Å². The van der Waals surface area contributed by atoms with Crippen LogP contribution < -0.4 is 5.32 Å². The fourth-order valence-corrected chi connectivity index (χ4v) is 3.85. The SMILES string of the molecule is CC(C)C(CNC(=O)c1cccc(-c2cccc(CO)c2)c1)N1CCCC1. The summed E-state index contributed by atoms with van der Waals surface area (Å²) in [4.78, 5) is 15.2. The Bertz CT molecular complexity index is 766. The van der Waals surface area contributed by atoms with Gasteiger partial charge in [0.25, 0.3) is 5.91 Å². The molecule has 27 heavy (non-hydrogen) atoms. The highest BCUT2D eigenvalue weighted by Gasteiger charge is 2.25. The van der Waals surface area contributed by atoms with Crippen LogP contribution >= 0.6 is 0 Å². The number of benzene rings is 2. The van der Waals surface area contributed by atoms with Gasteiger partial charge in [0.15, 0.2) is 0 Å². The van der Waals surface area contributed by atoms with Gasteiger partial charge in [0, 0.05) is 18.2 Å². The largest absolute Gasteiger partial charge is 0.392 e. The van der Waals surface area contributed by atoms with E-state index in [1.807, 2.05) is 48.5 Å². The molecule has 144 valence electrons. The van der Waals surface area contributed by atoms with Gasteiger partial charge in [-0.3, -0.25) is 9.69 Å². The minimum atomic E-state index is -0.0278. The lowest BCUT2D eigenvalue weighted by atomic mass is 10.0. The molecule has 3 rings (SSSR count). The van der Waals surface area contributed by atoms with Gasteiger partial charge in [0.1, 0.15) is 0 Å². The quantitative estimate of drug-likeness (QED) is 0.786. The van der Waals surface area contributed by atoms with Crippen molar-refractivity contribution in [2.75, 3.05) is 19.6 Å². The lowest BCUT2D eigenvalue weighted by Gasteiger charge is -2.31. The highest BCUT2D eigenvalue weighted by Crippen LogP contribution is 2.22. The van der Waals surface area contributed by atoms with Gasteiger partial charge < -0.3 is 10.4 Å². The van der Waals surface area contributed by atoms with Gasteiger partial charge >= 0.3 is 0 Å². The third kappa shape index (κ3) is 4.96. The molecule has 0 saturated carbocycles. The van der Waals surface area contributed by atoms with Gasteiger partial charge in [0.05, 0.1) is 6.61 Å². The number of hydrogen-bond acceptors (Lipinski definition) is 3. The second-order valence-corrected chi connectivity index (χ2v) is 7.70. The maximum Gasteiger partial charge on any atom is 0.251 e. The molecule has 1 saturated heterocycles. The van der Waals surface area contributed by atoms with E-state index in [0.717, 1.165) is 29.8 Å². The summed E-state index contributed by atoms with van der Waals surface area (Å²) in [6.07, 6.45) is 2.51. The Balaban J connectivity index is 1.69. The Labute approximate surface area is 162 Å². The molecule has 4 nitrogen and oxygen atoms in total. The van der Waals surface area contributed by atoms with E-state index in [-0.39, 0.29) is 12.5 Å². The van der Waals surface area contributed by atoms with E-state index in [4.69, 9.17) is 0 Å². The van der Waals surface area contributed by atoms with Gasteiger partial charge in [0.2, 0.25) is 0 Å². The number of hydrogen-bond donors (Lipinski definition) is 2. The number of carbonyl (C=O) groups excluding carboxylic acids is 1. The molecule has 0 radical (unpaired) electrons. The lowest BCUT2D eigenvalue weighted by Crippen LogP contribution is -2.45. The summed E-state index contributed by atoms with van der Waals surface area (Å²) in [5.74, 6) is 0.482. The van der Waals surface area contributed by atoms with Crippen molar-refractivity contribution >= 4 is 5.91 Å². The second kappa shape index (κ2) is 9.16. The number of likely N-dealkylation sites (tertiary alicyclic amines) is 1. The molecule has 4 heteroatoms. The summed E-state index contributed by atoms with van der Waals surface area (Å²) in [7, 11) is 0. The van der Waals surface area contributed by atoms with E-state index in [9.17, 15) is 9.90 Å². The van der Waals surface area contributed by atoms with Gasteiger partial charge in [-0.15, -0.1) is 0 Å². The van der Waals surface area contributed by atoms with Crippen LogP contribution in [0, 0.1) is 5.92 Å². The van der Waals surface area contributed by atoms with E-state index in [1.54, 1.807) is 0 Å². The van der Waals surface area contributed by atoms with Crippen LogP contribution in [-0.4, -0.2) is 41.6 Å². The Morgan fingerprint density at radius 1 is 1.07 bits per heavy atom. The first-order chi connectivity index (χ1) is 13.1. The monoisotopic (exact) mass is 366 g/mol. The van der Waals surface area contributed by atoms with Crippen molar-refractivity contribution in [2.24, 2.45) is 5.92 Å². The van der Waals surface area contributed by atoms with Crippen LogP contribution in [0.1, 0.15) is 42.6 Å². The maximum atomic E-state index is 12.7. The molecule has 1 fully saturated rings. The van der Waals surface area contributed by atoms with Crippen LogP contribution in [0.15, 0.2) is 48.5 Å². The first-order valence-corrected chi connectivity index (χ1v) is 9.91. The van der Waals surface area contributed by atoms with Crippen molar-refractivity contribution in [2.45, 2.75) is 39.3 Å². The Kier molecular flexibility index (Phi) is 6.64. The van der Waals surface area contributed by atoms with Crippen LogP contribution in [-0.2, 0) is 6.61 Å². The number of rotatable bonds is 7.